The Morgan fingerprint density at radius 2 is 1.96 bits per heavy atom. The van der Waals surface area contributed by atoms with Gasteiger partial charge in [-0.1, -0.05) is 13.8 Å². The van der Waals surface area contributed by atoms with Gasteiger partial charge in [0.15, 0.2) is 5.96 Å². The first-order valence-electron chi connectivity index (χ1n) is 9.82. The lowest BCUT2D eigenvalue weighted by Gasteiger charge is -2.21. The number of aliphatic imine (C=N–C) groups is 1. The highest BCUT2D eigenvalue weighted by Crippen LogP contribution is 2.14. The van der Waals surface area contributed by atoms with Gasteiger partial charge in [0.05, 0.1) is 0 Å². The molecule has 0 aromatic carbocycles. The molecule has 1 aliphatic heterocycles. The quantitative estimate of drug-likeness (QED) is 0.344. The van der Waals surface area contributed by atoms with E-state index in [4.69, 9.17) is 9.47 Å². The Morgan fingerprint density at radius 3 is 2.62 bits per heavy atom. The first-order chi connectivity index (χ1) is 11.6. The number of nitrogens with zero attached hydrogens (tertiary/aromatic N) is 1. The van der Waals surface area contributed by atoms with E-state index in [0.717, 1.165) is 70.7 Å². The number of hydrogen-bond donors (Lipinski definition) is 2. The van der Waals surface area contributed by atoms with Gasteiger partial charge in [-0.2, -0.15) is 0 Å². The van der Waals surface area contributed by atoms with Gasteiger partial charge in [-0.15, -0.1) is 0 Å². The summed E-state index contributed by atoms with van der Waals surface area (Å²) in [5.74, 6) is 2.36. The maximum absolute atomic E-state index is 5.80. The summed E-state index contributed by atoms with van der Waals surface area (Å²) in [6.07, 6.45) is 5.67. The standard InChI is InChI=1S/C19H39N3O2/c1-5-20-19(22-17(4)8-7-16(2)3)21-11-6-12-24-15-18-9-13-23-14-10-18/h16-18H,5-15H2,1-4H3,(H2,20,21,22). The molecule has 0 aromatic rings. The highest BCUT2D eigenvalue weighted by molar-refractivity contribution is 5.79. The van der Waals surface area contributed by atoms with Crippen molar-refractivity contribution in [1.29, 1.82) is 0 Å². The maximum Gasteiger partial charge on any atom is 0.191 e. The second-order valence-corrected chi connectivity index (χ2v) is 7.26. The molecule has 1 unspecified atom stereocenters. The third-order valence-corrected chi connectivity index (χ3v) is 4.32. The first kappa shape index (κ1) is 21.2. The summed E-state index contributed by atoms with van der Waals surface area (Å²) in [5, 5.41) is 6.83. The molecule has 0 spiro atoms. The monoisotopic (exact) mass is 341 g/mol. The summed E-state index contributed by atoms with van der Waals surface area (Å²) in [7, 11) is 0. The van der Waals surface area contributed by atoms with Crippen LogP contribution >= 0.6 is 0 Å². The zero-order valence-electron chi connectivity index (χ0n) is 16.3. The molecule has 1 aliphatic rings. The molecule has 5 heteroatoms. The first-order valence-corrected chi connectivity index (χ1v) is 9.82. The molecule has 0 saturated carbocycles. The van der Waals surface area contributed by atoms with Crippen LogP contribution in [0.5, 0.6) is 0 Å². The number of hydrogen-bond acceptors (Lipinski definition) is 3. The summed E-state index contributed by atoms with van der Waals surface area (Å²) in [6, 6.07) is 0.454. The predicted molar refractivity (Wildman–Crippen MR) is 102 cm³/mol. The second-order valence-electron chi connectivity index (χ2n) is 7.26. The van der Waals surface area contributed by atoms with Gasteiger partial charge in [0.25, 0.3) is 0 Å². The summed E-state index contributed by atoms with van der Waals surface area (Å²) in [6.45, 7) is 14.0. The smallest absolute Gasteiger partial charge is 0.191 e. The largest absolute Gasteiger partial charge is 0.381 e. The lowest BCUT2D eigenvalue weighted by atomic mass is 10.0. The normalized spacial score (nSPS) is 18.0. The molecule has 1 fully saturated rings. The van der Waals surface area contributed by atoms with Gasteiger partial charge in [0.2, 0.25) is 0 Å². The van der Waals surface area contributed by atoms with E-state index in [1.165, 1.54) is 12.8 Å². The molecule has 1 atom stereocenters. The summed E-state index contributed by atoms with van der Waals surface area (Å²) >= 11 is 0. The van der Waals surface area contributed by atoms with E-state index in [1.54, 1.807) is 0 Å². The Bertz CT molecular complexity index is 329. The van der Waals surface area contributed by atoms with Gasteiger partial charge in [0.1, 0.15) is 0 Å². The fourth-order valence-electron chi connectivity index (χ4n) is 2.73. The minimum atomic E-state index is 0.454. The highest BCUT2D eigenvalue weighted by Gasteiger charge is 2.13. The van der Waals surface area contributed by atoms with E-state index < -0.39 is 0 Å². The highest BCUT2D eigenvalue weighted by atomic mass is 16.5. The molecule has 5 nitrogen and oxygen atoms in total. The molecule has 0 amide bonds. The molecule has 0 bridgehead atoms. The molecule has 24 heavy (non-hydrogen) atoms. The van der Waals surface area contributed by atoms with Crippen LogP contribution in [-0.4, -0.2) is 51.5 Å². The zero-order valence-corrected chi connectivity index (χ0v) is 16.3. The van der Waals surface area contributed by atoms with Crippen molar-refractivity contribution in [1.82, 2.24) is 10.6 Å². The van der Waals surface area contributed by atoms with Crippen molar-refractivity contribution in [3.05, 3.63) is 0 Å². The average Bonchev–Trinajstić information content (AvgIpc) is 2.57. The van der Waals surface area contributed by atoms with E-state index >= 15 is 0 Å². The Kier molecular flexibility index (Phi) is 11.9. The average molecular weight is 342 g/mol. The van der Waals surface area contributed by atoms with Crippen LogP contribution in [0.1, 0.15) is 59.8 Å². The van der Waals surface area contributed by atoms with Crippen molar-refractivity contribution in [2.24, 2.45) is 16.8 Å². The molecule has 0 radical (unpaired) electrons. The van der Waals surface area contributed by atoms with Crippen LogP contribution in [0.2, 0.25) is 0 Å². The van der Waals surface area contributed by atoms with Gasteiger partial charge in [-0.25, -0.2) is 0 Å². The number of nitrogens with one attached hydrogen (secondary N) is 2. The molecular formula is C19H39N3O2. The second kappa shape index (κ2) is 13.5. The van der Waals surface area contributed by atoms with Crippen LogP contribution < -0.4 is 10.6 Å². The number of guanidine groups is 1. The van der Waals surface area contributed by atoms with Gasteiger partial charge < -0.3 is 20.1 Å². The lowest BCUT2D eigenvalue weighted by Crippen LogP contribution is -2.42. The van der Waals surface area contributed by atoms with Crippen molar-refractivity contribution in [2.45, 2.75) is 65.8 Å². The SMILES string of the molecule is CCNC(=NCCCOCC1CCOCC1)NC(C)CCC(C)C. The van der Waals surface area contributed by atoms with Crippen molar-refractivity contribution in [2.75, 3.05) is 39.5 Å². The fourth-order valence-corrected chi connectivity index (χ4v) is 2.73. The minimum absolute atomic E-state index is 0.454. The predicted octanol–water partition coefficient (Wildman–Crippen LogP) is 3.20. The summed E-state index contributed by atoms with van der Waals surface area (Å²) < 4.78 is 11.2. The topological polar surface area (TPSA) is 54.9 Å². The van der Waals surface area contributed by atoms with Crippen LogP contribution in [-0.2, 0) is 9.47 Å². The number of ether oxygens (including phenoxy) is 2. The van der Waals surface area contributed by atoms with Crippen LogP contribution in [0.25, 0.3) is 0 Å². The van der Waals surface area contributed by atoms with E-state index in [1.807, 2.05) is 0 Å². The molecule has 142 valence electrons. The molecule has 2 N–H and O–H groups in total. The van der Waals surface area contributed by atoms with Crippen LogP contribution in [0.4, 0.5) is 0 Å². The van der Waals surface area contributed by atoms with Crippen LogP contribution in [0.3, 0.4) is 0 Å². The fraction of sp³-hybridized carbons (Fsp3) is 0.947. The van der Waals surface area contributed by atoms with E-state index in [2.05, 4.69) is 43.3 Å². The molecule has 1 rings (SSSR count). The Balaban J connectivity index is 2.14. The van der Waals surface area contributed by atoms with Gasteiger partial charge in [0, 0.05) is 45.6 Å². The van der Waals surface area contributed by atoms with Crippen LogP contribution in [0.15, 0.2) is 4.99 Å². The van der Waals surface area contributed by atoms with E-state index in [-0.39, 0.29) is 0 Å². The molecule has 0 aromatic heterocycles. The Morgan fingerprint density at radius 1 is 1.21 bits per heavy atom. The lowest BCUT2D eigenvalue weighted by molar-refractivity contribution is 0.0205. The number of rotatable bonds is 11. The Hall–Kier alpha value is -0.810. The third-order valence-electron chi connectivity index (χ3n) is 4.32. The van der Waals surface area contributed by atoms with E-state index in [0.29, 0.717) is 12.0 Å². The van der Waals surface area contributed by atoms with Crippen LogP contribution in [0, 0.1) is 11.8 Å². The van der Waals surface area contributed by atoms with E-state index in [9.17, 15) is 0 Å². The minimum Gasteiger partial charge on any atom is -0.381 e. The molecular weight excluding hydrogens is 302 g/mol. The van der Waals surface area contributed by atoms with Crippen molar-refractivity contribution < 1.29 is 9.47 Å². The van der Waals surface area contributed by atoms with Gasteiger partial charge in [-0.3, -0.25) is 4.99 Å². The molecule has 1 saturated heterocycles. The van der Waals surface area contributed by atoms with Gasteiger partial charge in [-0.05, 0) is 57.8 Å². The van der Waals surface area contributed by atoms with Crippen molar-refractivity contribution in [3.8, 4) is 0 Å². The summed E-state index contributed by atoms with van der Waals surface area (Å²) in [5.41, 5.74) is 0. The zero-order chi connectivity index (χ0) is 17.6. The van der Waals surface area contributed by atoms with Gasteiger partial charge >= 0.3 is 0 Å². The molecule has 0 aliphatic carbocycles. The third kappa shape index (κ3) is 10.9. The van der Waals surface area contributed by atoms with Crippen molar-refractivity contribution >= 4 is 5.96 Å². The molecule has 1 heterocycles. The summed E-state index contributed by atoms with van der Waals surface area (Å²) in [4.78, 5) is 4.66. The van der Waals surface area contributed by atoms with Crippen molar-refractivity contribution in [3.63, 3.8) is 0 Å². The Labute approximate surface area is 149 Å². The maximum atomic E-state index is 5.80.